The van der Waals surface area contributed by atoms with Gasteiger partial charge < -0.3 is 0 Å². The molecule has 0 aliphatic heterocycles. The van der Waals surface area contributed by atoms with Crippen LogP contribution in [0, 0.1) is 0 Å². The average Bonchev–Trinajstić information content (AvgIpc) is 2.73. The van der Waals surface area contributed by atoms with E-state index in [1.165, 1.54) is 48.5 Å². The summed E-state index contributed by atoms with van der Waals surface area (Å²) in [5, 5.41) is -2.85. The number of hydrogen-bond donors (Lipinski definition) is 0. The molecule has 1 aliphatic carbocycles. The molecule has 0 aromatic heterocycles. The quantitative estimate of drug-likeness (QED) is 0.414. The summed E-state index contributed by atoms with van der Waals surface area (Å²) in [6.07, 6.45) is 0. The summed E-state index contributed by atoms with van der Waals surface area (Å²) < 4.78 is 57.9. The third kappa shape index (κ3) is 5.45. The predicted octanol–water partition coefficient (Wildman–Crippen LogP) is 5.87. The van der Waals surface area contributed by atoms with Crippen molar-refractivity contribution in [2.24, 2.45) is 8.80 Å². The maximum absolute atomic E-state index is 12.6. The molecule has 6 nitrogen and oxygen atoms in total. The summed E-state index contributed by atoms with van der Waals surface area (Å²) in [6, 6.07) is 10.5. The molecule has 0 heterocycles. The maximum Gasteiger partial charge on any atom is 0.282 e. The van der Waals surface area contributed by atoms with E-state index >= 15 is 0 Å². The fourth-order valence-electron chi connectivity index (χ4n) is 2.50. The SMILES string of the molecule is O=S(=O)(N=C1C(Cl)=C(Cl)C(=NS(=O)(=O)c2ccc(Cl)cc2)[C@@H](Cl)[C@@H]1Cl)c1ccc(Cl)cc1. The summed E-state index contributed by atoms with van der Waals surface area (Å²) in [6.45, 7) is 0. The second kappa shape index (κ2) is 9.80. The van der Waals surface area contributed by atoms with Gasteiger partial charge in [0.05, 0.1) is 31.3 Å². The summed E-state index contributed by atoms with van der Waals surface area (Å²) in [5.41, 5.74) is -0.702. The van der Waals surface area contributed by atoms with Gasteiger partial charge in [-0.3, -0.25) is 0 Å². The minimum Gasteiger partial charge on any atom is -0.199 e. The van der Waals surface area contributed by atoms with Gasteiger partial charge in [0.1, 0.15) is 10.8 Å². The van der Waals surface area contributed by atoms with Crippen molar-refractivity contribution in [2.45, 2.75) is 20.5 Å². The molecule has 2 aromatic rings. The summed E-state index contributed by atoms with van der Waals surface area (Å²) in [4.78, 5) is -0.343. The molecular weight excluding hydrogens is 585 g/mol. The van der Waals surface area contributed by atoms with Gasteiger partial charge in [-0.15, -0.1) is 23.2 Å². The van der Waals surface area contributed by atoms with Gasteiger partial charge in [-0.1, -0.05) is 46.4 Å². The van der Waals surface area contributed by atoms with Gasteiger partial charge in [-0.05, 0) is 48.5 Å². The molecule has 14 heteroatoms. The lowest BCUT2D eigenvalue weighted by Gasteiger charge is -2.25. The normalized spacial score (nSPS) is 22.6. The molecule has 0 unspecified atom stereocenters. The Kier molecular flexibility index (Phi) is 7.89. The molecule has 32 heavy (non-hydrogen) atoms. The molecule has 3 rings (SSSR count). The van der Waals surface area contributed by atoms with Crippen molar-refractivity contribution >= 4 is 101 Å². The van der Waals surface area contributed by atoms with E-state index in [9.17, 15) is 16.8 Å². The van der Waals surface area contributed by atoms with Gasteiger partial charge in [0.2, 0.25) is 0 Å². The number of alkyl halides is 2. The lowest BCUT2D eigenvalue weighted by atomic mass is 10.0. The highest BCUT2D eigenvalue weighted by Gasteiger charge is 2.39. The van der Waals surface area contributed by atoms with Gasteiger partial charge in [0.15, 0.2) is 0 Å². The average molecular weight is 595 g/mol. The van der Waals surface area contributed by atoms with E-state index in [1.807, 2.05) is 0 Å². The molecule has 0 bridgehead atoms. The first-order valence-corrected chi connectivity index (χ1v) is 13.6. The first kappa shape index (κ1) is 25.8. The number of halogens is 6. The van der Waals surface area contributed by atoms with Gasteiger partial charge in [-0.2, -0.15) is 25.6 Å². The van der Waals surface area contributed by atoms with E-state index in [0.717, 1.165) is 0 Å². The van der Waals surface area contributed by atoms with Crippen LogP contribution in [-0.4, -0.2) is 39.0 Å². The van der Waals surface area contributed by atoms with Crippen LogP contribution >= 0.6 is 69.6 Å². The van der Waals surface area contributed by atoms with Gasteiger partial charge in [0.25, 0.3) is 20.0 Å². The van der Waals surface area contributed by atoms with Crippen LogP contribution in [0.25, 0.3) is 0 Å². The topological polar surface area (TPSA) is 93.0 Å². The molecule has 0 radical (unpaired) electrons. The van der Waals surface area contributed by atoms with Crippen molar-refractivity contribution in [3.8, 4) is 0 Å². The Balaban J connectivity index is 2.09. The molecule has 0 fully saturated rings. The lowest BCUT2D eigenvalue weighted by Crippen LogP contribution is -2.38. The van der Waals surface area contributed by atoms with Crippen molar-refractivity contribution < 1.29 is 16.8 Å². The van der Waals surface area contributed by atoms with E-state index < -0.39 is 40.9 Å². The van der Waals surface area contributed by atoms with Crippen LogP contribution in [0.1, 0.15) is 0 Å². The van der Waals surface area contributed by atoms with E-state index in [1.54, 1.807) is 0 Å². The van der Waals surface area contributed by atoms with Crippen LogP contribution in [0.4, 0.5) is 0 Å². The highest BCUT2D eigenvalue weighted by Crippen LogP contribution is 2.35. The molecule has 2 aromatic carbocycles. The van der Waals surface area contributed by atoms with E-state index in [2.05, 4.69) is 8.80 Å². The van der Waals surface area contributed by atoms with Crippen LogP contribution in [0.5, 0.6) is 0 Å². The maximum atomic E-state index is 12.6. The van der Waals surface area contributed by atoms with E-state index in [4.69, 9.17) is 69.6 Å². The highest BCUT2D eigenvalue weighted by molar-refractivity contribution is 7.90. The fraction of sp³-hybridized carbons (Fsp3) is 0.111. The third-order valence-corrected chi connectivity index (χ3v) is 9.10. The molecule has 0 amide bonds. The zero-order chi connectivity index (χ0) is 23.8. The first-order valence-electron chi connectivity index (χ1n) is 8.38. The number of hydrogen-bond acceptors (Lipinski definition) is 4. The predicted molar refractivity (Wildman–Crippen MR) is 130 cm³/mol. The molecular formula is C18H10Cl6N2O4S2. The Morgan fingerprint density at radius 1 is 0.562 bits per heavy atom. The Hall–Kier alpha value is -0.840. The Labute approximate surface area is 214 Å². The van der Waals surface area contributed by atoms with Gasteiger partial charge in [0, 0.05) is 10.0 Å². The van der Waals surface area contributed by atoms with Crippen molar-refractivity contribution in [3.63, 3.8) is 0 Å². The Morgan fingerprint density at radius 2 is 0.844 bits per heavy atom. The Morgan fingerprint density at radius 3 is 1.12 bits per heavy atom. The largest absolute Gasteiger partial charge is 0.282 e. The second-order valence-electron chi connectivity index (χ2n) is 6.24. The summed E-state index contributed by atoms with van der Waals surface area (Å²) in [5.74, 6) is 0. The summed E-state index contributed by atoms with van der Waals surface area (Å²) >= 11 is 36.5. The van der Waals surface area contributed by atoms with Crippen molar-refractivity contribution in [2.75, 3.05) is 0 Å². The number of benzene rings is 2. The number of rotatable bonds is 4. The van der Waals surface area contributed by atoms with Crippen LogP contribution in [0.15, 0.2) is 77.2 Å². The molecule has 170 valence electrons. The zero-order valence-corrected chi connectivity index (χ0v) is 21.6. The zero-order valence-electron chi connectivity index (χ0n) is 15.4. The van der Waals surface area contributed by atoms with Crippen molar-refractivity contribution in [1.82, 2.24) is 0 Å². The first-order chi connectivity index (χ1) is 14.8. The molecule has 0 spiro atoms. The van der Waals surface area contributed by atoms with Crippen LogP contribution in [0.2, 0.25) is 10.0 Å². The molecule has 0 saturated heterocycles. The standard InChI is InChI=1S/C18H10Cl6N2O4S2/c19-9-1-5-11(6-2-9)31(27,28)25-17-13(21)15(23)18(16(24)14(17)22)26-32(29,30)12-7-3-10(20)4-8-12/h1-8,13,15H/t13-,15-/m0/s1. The molecule has 0 N–H and O–H groups in total. The Bertz CT molecular complexity index is 1250. The van der Waals surface area contributed by atoms with Gasteiger partial charge in [-0.25, -0.2) is 0 Å². The number of sulfonamides is 2. The van der Waals surface area contributed by atoms with E-state index in [-0.39, 0.29) is 21.2 Å². The molecule has 1 aliphatic rings. The van der Waals surface area contributed by atoms with Crippen molar-refractivity contribution in [3.05, 3.63) is 68.6 Å². The fourth-order valence-corrected chi connectivity index (χ4v) is 6.25. The van der Waals surface area contributed by atoms with Crippen LogP contribution in [-0.2, 0) is 20.0 Å². The highest BCUT2D eigenvalue weighted by atomic mass is 35.5. The third-order valence-electron chi connectivity index (χ3n) is 4.08. The van der Waals surface area contributed by atoms with Gasteiger partial charge >= 0.3 is 0 Å². The smallest absolute Gasteiger partial charge is 0.199 e. The van der Waals surface area contributed by atoms with E-state index in [0.29, 0.717) is 10.0 Å². The second-order valence-corrected chi connectivity index (χ2v) is 12.0. The minimum atomic E-state index is -4.25. The summed E-state index contributed by atoms with van der Waals surface area (Å²) in [7, 11) is -8.50. The molecule has 0 saturated carbocycles. The molecule has 2 atom stereocenters. The number of allylic oxidation sites excluding steroid dienone is 2. The monoisotopic (exact) mass is 592 g/mol. The van der Waals surface area contributed by atoms with Crippen LogP contribution < -0.4 is 0 Å². The van der Waals surface area contributed by atoms with Crippen molar-refractivity contribution in [1.29, 1.82) is 0 Å². The lowest BCUT2D eigenvalue weighted by molar-refractivity contribution is 0.596. The van der Waals surface area contributed by atoms with Crippen LogP contribution in [0.3, 0.4) is 0 Å². The minimum absolute atomic E-state index is 0.172. The number of nitrogens with zero attached hydrogens (tertiary/aromatic N) is 2.